The van der Waals surface area contributed by atoms with E-state index in [0.29, 0.717) is 0 Å². The van der Waals surface area contributed by atoms with Crippen molar-refractivity contribution in [2.45, 2.75) is 6.92 Å². The first-order valence-electron chi connectivity index (χ1n) is 7.65. The normalized spacial score (nSPS) is 10.5. The first-order chi connectivity index (χ1) is 10.8. The number of anilines is 1. The van der Waals surface area contributed by atoms with Crippen LogP contribution in [0.1, 0.15) is 12.5 Å². The molecule has 109 valence electrons. The number of benzene rings is 3. The van der Waals surface area contributed by atoms with E-state index in [1.165, 1.54) is 22.3 Å². The molecule has 0 saturated heterocycles. The smallest absolute Gasteiger partial charge is 0.0458 e. The van der Waals surface area contributed by atoms with Crippen LogP contribution < -0.4 is 5.32 Å². The minimum Gasteiger partial charge on any atom is -0.385 e. The van der Waals surface area contributed by atoms with Crippen LogP contribution in [0.2, 0.25) is 0 Å². The van der Waals surface area contributed by atoms with Crippen molar-refractivity contribution in [2.24, 2.45) is 0 Å². The van der Waals surface area contributed by atoms with E-state index in [1.54, 1.807) is 0 Å². The molecule has 0 aliphatic heterocycles. The van der Waals surface area contributed by atoms with E-state index < -0.39 is 0 Å². The molecule has 22 heavy (non-hydrogen) atoms. The van der Waals surface area contributed by atoms with Crippen LogP contribution >= 0.6 is 0 Å². The molecule has 0 spiro atoms. The topological polar surface area (TPSA) is 12.0 Å². The number of nitrogens with one attached hydrogen (secondary N) is 1. The molecule has 1 heteroatoms. The third-order valence-corrected chi connectivity index (χ3v) is 3.79. The molecule has 0 bridgehead atoms. The van der Waals surface area contributed by atoms with Crippen molar-refractivity contribution in [2.75, 3.05) is 11.9 Å². The molecular weight excluding hydrogens is 266 g/mol. The Morgan fingerprint density at radius 2 is 1.36 bits per heavy atom. The summed E-state index contributed by atoms with van der Waals surface area (Å²) in [7, 11) is 0. The zero-order valence-electron chi connectivity index (χ0n) is 12.8. The molecule has 0 aliphatic carbocycles. The van der Waals surface area contributed by atoms with Crippen molar-refractivity contribution in [1.29, 1.82) is 0 Å². The summed E-state index contributed by atoms with van der Waals surface area (Å²) in [6.07, 6.45) is 0. The van der Waals surface area contributed by atoms with E-state index in [4.69, 9.17) is 0 Å². The van der Waals surface area contributed by atoms with E-state index in [2.05, 4.69) is 79.8 Å². The molecule has 1 N–H and O–H groups in total. The second-order valence-electron chi connectivity index (χ2n) is 5.28. The van der Waals surface area contributed by atoms with Crippen LogP contribution in [-0.2, 0) is 0 Å². The minimum atomic E-state index is 0.876. The van der Waals surface area contributed by atoms with Gasteiger partial charge in [-0.15, -0.1) is 0 Å². The largest absolute Gasteiger partial charge is 0.385 e. The van der Waals surface area contributed by atoms with Gasteiger partial charge in [-0.1, -0.05) is 72.8 Å². The Kier molecular flexibility index (Phi) is 4.24. The summed E-state index contributed by atoms with van der Waals surface area (Å²) in [5.74, 6) is 0. The fourth-order valence-electron chi connectivity index (χ4n) is 2.79. The summed E-state index contributed by atoms with van der Waals surface area (Å²) in [5, 5.41) is 3.49. The van der Waals surface area contributed by atoms with Crippen LogP contribution in [0.3, 0.4) is 0 Å². The summed E-state index contributed by atoms with van der Waals surface area (Å²) < 4.78 is 0. The average molecular weight is 286 g/mol. The molecule has 1 radical (unpaired) electrons. The van der Waals surface area contributed by atoms with Gasteiger partial charge < -0.3 is 5.32 Å². The van der Waals surface area contributed by atoms with Crippen LogP contribution in [0.25, 0.3) is 22.3 Å². The maximum atomic E-state index is 4.20. The lowest BCUT2D eigenvalue weighted by molar-refractivity contribution is 1.21. The Bertz CT molecular complexity index is 746. The van der Waals surface area contributed by atoms with Gasteiger partial charge in [-0.3, -0.25) is 0 Å². The van der Waals surface area contributed by atoms with Gasteiger partial charge in [-0.05, 0) is 36.1 Å². The van der Waals surface area contributed by atoms with Gasteiger partial charge in [0.2, 0.25) is 0 Å². The van der Waals surface area contributed by atoms with Crippen LogP contribution in [0.4, 0.5) is 5.69 Å². The minimum absolute atomic E-state index is 0.876. The maximum Gasteiger partial charge on any atom is 0.0458 e. The molecule has 0 aromatic heterocycles. The molecule has 0 aliphatic rings. The molecule has 3 rings (SSSR count). The predicted octanol–water partition coefficient (Wildman–Crippen LogP) is 5.63. The van der Waals surface area contributed by atoms with Crippen molar-refractivity contribution >= 4 is 5.69 Å². The van der Waals surface area contributed by atoms with Gasteiger partial charge in [-0.25, -0.2) is 0 Å². The molecular formula is C21H20N. The highest BCUT2D eigenvalue weighted by atomic mass is 14.9. The fraction of sp³-hybridized carbons (Fsp3) is 0.0952. The zero-order chi connectivity index (χ0) is 15.4. The summed E-state index contributed by atoms with van der Waals surface area (Å²) >= 11 is 0. The third-order valence-electron chi connectivity index (χ3n) is 3.79. The van der Waals surface area contributed by atoms with Crippen molar-refractivity contribution in [3.63, 3.8) is 0 Å². The predicted molar refractivity (Wildman–Crippen MR) is 95.9 cm³/mol. The second kappa shape index (κ2) is 6.48. The van der Waals surface area contributed by atoms with Gasteiger partial charge in [0.1, 0.15) is 0 Å². The Hall–Kier alpha value is -2.54. The van der Waals surface area contributed by atoms with Crippen molar-refractivity contribution in [3.8, 4) is 22.3 Å². The average Bonchev–Trinajstić information content (AvgIpc) is 2.58. The fourth-order valence-corrected chi connectivity index (χ4v) is 2.79. The van der Waals surface area contributed by atoms with E-state index >= 15 is 0 Å². The maximum absolute atomic E-state index is 4.20. The van der Waals surface area contributed by atoms with Gasteiger partial charge in [0.25, 0.3) is 0 Å². The molecule has 3 aromatic rings. The molecule has 0 saturated carbocycles. The Morgan fingerprint density at radius 1 is 0.773 bits per heavy atom. The summed E-state index contributed by atoms with van der Waals surface area (Å²) in [4.78, 5) is 0. The summed E-state index contributed by atoms with van der Waals surface area (Å²) in [5.41, 5.74) is 7.04. The lowest BCUT2D eigenvalue weighted by Crippen LogP contribution is -2.02. The lowest BCUT2D eigenvalue weighted by atomic mass is 9.91. The second-order valence-corrected chi connectivity index (χ2v) is 5.28. The quantitative estimate of drug-likeness (QED) is 0.655. The van der Waals surface area contributed by atoms with E-state index in [0.717, 1.165) is 17.8 Å². The number of hydrogen-bond donors (Lipinski definition) is 1. The van der Waals surface area contributed by atoms with Crippen molar-refractivity contribution in [3.05, 3.63) is 85.3 Å². The van der Waals surface area contributed by atoms with Gasteiger partial charge in [0, 0.05) is 17.8 Å². The van der Waals surface area contributed by atoms with Gasteiger partial charge >= 0.3 is 0 Å². The lowest BCUT2D eigenvalue weighted by Gasteiger charge is -2.19. The van der Waals surface area contributed by atoms with Crippen molar-refractivity contribution < 1.29 is 0 Å². The van der Waals surface area contributed by atoms with Crippen LogP contribution in [0.15, 0.2) is 72.8 Å². The highest BCUT2D eigenvalue weighted by molar-refractivity contribution is 5.93. The van der Waals surface area contributed by atoms with Crippen LogP contribution in [0.5, 0.6) is 0 Å². The zero-order valence-corrected chi connectivity index (χ0v) is 12.8. The first-order valence-corrected chi connectivity index (χ1v) is 7.65. The molecule has 0 fully saturated rings. The van der Waals surface area contributed by atoms with E-state index in [9.17, 15) is 0 Å². The van der Waals surface area contributed by atoms with Gasteiger partial charge in [0.15, 0.2) is 0 Å². The molecule has 0 unspecified atom stereocenters. The third kappa shape index (κ3) is 2.75. The monoisotopic (exact) mass is 286 g/mol. The van der Waals surface area contributed by atoms with Crippen molar-refractivity contribution in [1.82, 2.24) is 0 Å². The highest BCUT2D eigenvalue weighted by Gasteiger charge is 2.14. The summed E-state index contributed by atoms with van der Waals surface area (Å²) in [6.45, 7) is 7.19. The molecule has 1 nitrogen and oxygen atoms in total. The van der Waals surface area contributed by atoms with Crippen LogP contribution in [-0.4, -0.2) is 6.54 Å². The van der Waals surface area contributed by atoms with E-state index in [1.807, 2.05) is 12.1 Å². The summed E-state index contributed by atoms with van der Waals surface area (Å²) in [6, 6.07) is 25.3. The Morgan fingerprint density at radius 3 is 1.95 bits per heavy atom. The standard InChI is InChI=1S/C21H20N/c1-3-22-21-16(2)14-15-19(17-10-6-4-7-11-17)20(21)18-12-8-5-9-13-18/h4-15,22H,2-3H2,1H3. The Balaban J connectivity index is 2.29. The van der Waals surface area contributed by atoms with E-state index in [-0.39, 0.29) is 0 Å². The molecule has 0 atom stereocenters. The van der Waals surface area contributed by atoms with Gasteiger partial charge in [0.05, 0.1) is 0 Å². The van der Waals surface area contributed by atoms with Gasteiger partial charge in [-0.2, -0.15) is 0 Å². The molecule has 0 amide bonds. The number of rotatable bonds is 4. The first kappa shape index (κ1) is 14.4. The molecule has 3 aromatic carbocycles. The van der Waals surface area contributed by atoms with Crippen LogP contribution in [0, 0.1) is 6.92 Å². The SMILES string of the molecule is [CH2]c1ccc(-c2ccccc2)c(-c2ccccc2)c1NCC. The molecule has 0 heterocycles. The highest BCUT2D eigenvalue weighted by Crippen LogP contribution is 2.39. The Labute approximate surface area is 132 Å². The number of hydrogen-bond acceptors (Lipinski definition) is 1.